The zero-order chi connectivity index (χ0) is 7.70. The predicted octanol–water partition coefficient (Wildman–Crippen LogP) is 3.05. The van der Waals surface area contributed by atoms with Gasteiger partial charge in [0.05, 0.1) is 0 Å². The number of halogens is 3. The predicted molar refractivity (Wildman–Crippen MR) is 38.5 cm³/mol. The van der Waals surface area contributed by atoms with Gasteiger partial charge in [0.1, 0.15) is 6.29 Å². The number of hydrogen-bond donors (Lipinski definition) is 0. The van der Waals surface area contributed by atoms with Gasteiger partial charge in [-0.2, -0.15) is 0 Å². The Bertz CT molecular complexity index is 57.0. The topological polar surface area (TPSA) is 17.1 Å². The van der Waals surface area contributed by atoms with Gasteiger partial charge in [0.15, 0.2) is 0 Å². The van der Waals surface area contributed by atoms with Crippen molar-refractivity contribution in [3.8, 4) is 0 Å². The second-order valence-electron chi connectivity index (χ2n) is 1.15. The van der Waals surface area contributed by atoms with E-state index < -0.39 is 12.3 Å². The molecule has 0 aliphatic rings. The zero-order valence-electron chi connectivity index (χ0n) is 4.98. The Morgan fingerprint density at radius 2 is 1.78 bits per heavy atom. The molecule has 0 N–H and O–H groups in total. The molecule has 0 saturated carbocycles. The molecule has 0 amide bonds. The van der Waals surface area contributed by atoms with E-state index in [-0.39, 0.29) is 0 Å². The van der Waals surface area contributed by atoms with Crippen LogP contribution in [0, 0.1) is 0 Å². The molecule has 0 aromatic heterocycles. The van der Waals surface area contributed by atoms with Crippen molar-refractivity contribution in [2.24, 2.45) is 0 Å². The summed E-state index contributed by atoms with van der Waals surface area (Å²) in [5.41, 5.74) is 0. The van der Waals surface area contributed by atoms with Crippen LogP contribution < -0.4 is 0 Å². The molecule has 0 spiro atoms. The fourth-order valence-electron chi connectivity index (χ4n) is 0.118. The molecule has 0 atom stereocenters. The van der Waals surface area contributed by atoms with E-state index in [0.29, 0.717) is 6.42 Å². The van der Waals surface area contributed by atoms with Crippen molar-refractivity contribution in [2.45, 2.75) is 19.8 Å². The van der Waals surface area contributed by atoms with Crippen LogP contribution in [0.2, 0.25) is 0 Å². The molecule has 9 heavy (non-hydrogen) atoms. The average molecular weight is 229 g/mol. The molecule has 1 nitrogen and oxygen atoms in total. The number of unbranched alkanes of at least 4 members (excludes halogenated alkanes) is 1. The number of aldehydes is 1. The molecular formula is C4H8Cl3OV. The van der Waals surface area contributed by atoms with Gasteiger partial charge in [0.2, 0.25) is 0 Å². The Labute approximate surface area is 72.5 Å². The van der Waals surface area contributed by atoms with Gasteiger partial charge in [-0.05, 0) is 6.42 Å². The van der Waals surface area contributed by atoms with Crippen molar-refractivity contribution in [3.63, 3.8) is 0 Å². The van der Waals surface area contributed by atoms with Crippen molar-refractivity contribution in [1.82, 2.24) is 0 Å². The van der Waals surface area contributed by atoms with Gasteiger partial charge in [-0.25, -0.2) is 0 Å². The fraction of sp³-hybridized carbons (Fsp3) is 0.750. The number of carbonyl (C=O) groups is 1. The standard InChI is InChI=1S/C4H8O.3ClH.V/c1-2-3-4-5;;;;/h4H,2-3H2,1H3;3*1H;/q;;;;+3/p-3. The van der Waals surface area contributed by atoms with Crippen molar-refractivity contribution < 1.29 is 17.1 Å². The maximum atomic E-state index is 9.40. The third-order valence-corrected chi connectivity index (χ3v) is 0.407. The average Bonchev–Trinajstić information content (AvgIpc) is 1.66. The van der Waals surface area contributed by atoms with Crippen molar-refractivity contribution in [2.75, 3.05) is 0 Å². The van der Waals surface area contributed by atoms with Crippen LogP contribution in [0.15, 0.2) is 0 Å². The molecule has 0 rings (SSSR count). The van der Waals surface area contributed by atoms with Gasteiger partial charge < -0.3 is 4.79 Å². The second-order valence-corrected chi connectivity index (χ2v) is 8.07. The molecule has 0 aliphatic carbocycles. The normalized spacial score (nSPS) is 8.11. The summed E-state index contributed by atoms with van der Waals surface area (Å²) < 4.78 is 0. The third-order valence-electron chi connectivity index (χ3n) is 0.407. The van der Waals surface area contributed by atoms with E-state index in [4.69, 9.17) is 29.5 Å². The van der Waals surface area contributed by atoms with E-state index in [2.05, 4.69) is 0 Å². The molecule has 0 aliphatic heterocycles. The molecule has 0 bridgehead atoms. The molecule has 0 saturated heterocycles. The molecule has 56 valence electrons. The van der Waals surface area contributed by atoms with Gasteiger partial charge in [0, 0.05) is 6.42 Å². The van der Waals surface area contributed by atoms with Crippen LogP contribution in [0.5, 0.6) is 0 Å². The van der Waals surface area contributed by atoms with E-state index in [1.807, 2.05) is 6.92 Å². The minimum absolute atomic E-state index is 0.708. The molecule has 5 heteroatoms. The molecule has 0 heterocycles. The summed E-state index contributed by atoms with van der Waals surface area (Å²) in [6, 6.07) is 0. The first-order valence-corrected chi connectivity index (χ1v) is 8.12. The monoisotopic (exact) mass is 228 g/mol. The second kappa shape index (κ2) is 11.9. The third kappa shape index (κ3) is 47.4. The van der Waals surface area contributed by atoms with Crippen LogP contribution in [0.4, 0.5) is 0 Å². The van der Waals surface area contributed by atoms with Crippen molar-refractivity contribution in [1.29, 1.82) is 0 Å². The Hall–Kier alpha value is 1.12. The van der Waals surface area contributed by atoms with E-state index in [9.17, 15) is 4.79 Å². The molecule has 0 unspecified atom stereocenters. The minimum atomic E-state index is -1.77. The van der Waals surface area contributed by atoms with Crippen molar-refractivity contribution in [3.05, 3.63) is 0 Å². The first-order valence-electron chi connectivity index (χ1n) is 2.36. The van der Waals surface area contributed by atoms with Gasteiger partial charge in [-0.3, -0.25) is 0 Å². The van der Waals surface area contributed by atoms with E-state index in [1.54, 1.807) is 0 Å². The number of rotatable bonds is 2. The first-order chi connectivity index (χ1) is 4.15. The summed E-state index contributed by atoms with van der Waals surface area (Å²) in [5, 5.41) is 0. The summed E-state index contributed by atoms with van der Waals surface area (Å²) in [5.74, 6) is 0. The zero-order valence-corrected chi connectivity index (χ0v) is 8.65. The summed E-state index contributed by atoms with van der Waals surface area (Å²) in [7, 11) is 14.9. The van der Waals surface area contributed by atoms with Gasteiger partial charge in [0.25, 0.3) is 0 Å². The molecule has 0 aromatic rings. The van der Waals surface area contributed by atoms with E-state index in [0.717, 1.165) is 12.7 Å². The van der Waals surface area contributed by atoms with Gasteiger partial charge in [-0.15, -0.1) is 0 Å². The summed E-state index contributed by atoms with van der Waals surface area (Å²) in [6.07, 6.45) is 2.61. The number of hydrogen-bond acceptors (Lipinski definition) is 1. The molecule has 0 radical (unpaired) electrons. The number of carbonyl (C=O) groups excluding carboxylic acids is 1. The molecular weight excluding hydrogens is 221 g/mol. The summed E-state index contributed by atoms with van der Waals surface area (Å²) in [4.78, 5) is 9.40. The van der Waals surface area contributed by atoms with Gasteiger partial charge >= 0.3 is 41.8 Å². The Morgan fingerprint density at radius 1 is 1.44 bits per heavy atom. The summed E-state index contributed by atoms with van der Waals surface area (Å²) >= 11 is -1.77. The SMILES string of the molecule is CCCC=O.[Cl][V]([Cl])[Cl]. The van der Waals surface area contributed by atoms with Crippen LogP contribution in [0.1, 0.15) is 19.8 Å². The fourth-order valence-corrected chi connectivity index (χ4v) is 0.118. The van der Waals surface area contributed by atoms with Crippen LogP contribution >= 0.6 is 29.5 Å². The van der Waals surface area contributed by atoms with E-state index >= 15 is 0 Å². The Morgan fingerprint density at radius 3 is 1.78 bits per heavy atom. The summed E-state index contributed by atoms with van der Waals surface area (Å²) in [6.45, 7) is 1.98. The first kappa shape index (κ1) is 12.8. The Kier molecular flexibility index (Phi) is 16.8. The quantitative estimate of drug-likeness (QED) is 0.665. The van der Waals surface area contributed by atoms with Gasteiger partial charge in [-0.1, -0.05) is 6.92 Å². The van der Waals surface area contributed by atoms with E-state index in [1.165, 1.54) is 0 Å². The maximum absolute atomic E-state index is 9.40. The molecule has 0 fully saturated rings. The van der Waals surface area contributed by atoms with Crippen molar-refractivity contribution >= 4 is 35.8 Å². The van der Waals surface area contributed by atoms with Crippen LogP contribution in [-0.2, 0) is 17.1 Å². The van der Waals surface area contributed by atoms with Crippen LogP contribution in [-0.4, -0.2) is 6.29 Å². The van der Waals surface area contributed by atoms with Crippen LogP contribution in [0.3, 0.4) is 0 Å². The molecule has 0 aromatic carbocycles. The van der Waals surface area contributed by atoms with Crippen LogP contribution in [0.25, 0.3) is 0 Å². The Balaban J connectivity index is 0.